The fourth-order valence-corrected chi connectivity index (χ4v) is 3.87. The minimum absolute atomic E-state index is 0.0822. The Kier molecular flexibility index (Phi) is 6.42. The van der Waals surface area contributed by atoms with Gasteiger partial charge in [-0.3, -0.25) is 9.59 Å². The monoisotopic (exact) mass is 468 g/mol. The van der Waals surface area contributed by atoms with E-state index in [2.05, 4.69) is 30.3 Å². The summed E-state index contributed by atoms with van der Waals surface area (Å²) in [6, 6.07) is 14.4. The van der Waals surface area contributed by atoms with Crippen molar-refractivity contribution in [3.8, 4) is 5.82 Å². The fourth-order valence-electron chi connectivity index (χ4n) is 3.87. The average molecular weight is 469 g/mol. The van der Waals surface area contributed by atoms with Gasteiger partial charge in [-0.05, 0) is 42.0 Å². The molecule has 0 spiro atoms. The zero-order valence-electron chi connectivity index (χ0n) is 19.0. The van der Waals surface area contributed by atoms with Crippen LogP contribution in [-0.4, -0.2) is 67.6 Å². The molecular formula is C25H24N8O2. The van der Waals surface area contributed by atoms with E-state index < -0.39 is 0 Å². The van der Waals surface area contributed by atoms with Gasteiger partial charge in [-0.1, -0.05) is 12.1 Å². The maximum absolute atomic E-state index is 12.8. The molecule has 10 heteroatoms. The van der Waals surface area contributed by atoms with Crippen LogP contribution in [0.4, 0.5) is 11.6 Å². The minimum Gasteiger partial charge on any atom is -0.339 e. The first kappa shape index (κ1) is 22.2. The molecule has 176 valence electrons. The minimum atomic E-state index is -0.256. The van der Waals surface area contributed by atoms with Gasteiger partial charge in [0, 0.05) is 62.9 Å². The van der Waals surface area contributed by atoms with Crippen LogP contribution in [0.3, 0.4) is 0 Å². The number of amides is 2. The first-order valence-corrected chi connectivity index (χ1v) is 11.3. The van der Waals surface area contributed by atoms with E-state index in [1.165, 1.54) is 6.20 Å². The molecule has 0 unspecified atom stereocenters. The molecule has 4 aromatic rings. The number of pyridine rings is 1. The van der Waals surface area contributed by atoms with Crippen LogP contribution in [0.5, 0.6) is 0 Å². The zero-order valence-corrected chi connectivity index (χ0v) is 19.0. The van der Waals surface area contributed by atoms with Crippen LogP contribution >= 0.6 is 0 Å². The summed E-state index contributed by atoms with van der Waals surface area (Å²) in [5.74, 6) is 1.16. The molecule has 0 radical (unpaired) electrons. The van der Waals surface area contributed by atoms with Gasteiger partial charge in [-0.25, -0.2) is 19.6 Å². The van der Waals surface area contributed by atoms with Crippen LogP contribution < -0.4 is 10.2 Å². The van der Waals surface area contributed by atoms with E-state index in [0.717, 1.165) is 5.56 Å². The Balaban J connectivity index is 1.12. The standard InChI is InChI=1S/C25H24N8O2/c34-23(31-13-15-32(16-14-31)25-26-9-1-10-27-25)17-19-3-6-21(7-4-19)30-24(35)20-5-8-22(28-18-20)33-12-2-11-29-33/h1-12,18H,13-17H2,(H,30,35). The third-order valence-electron chi connectivity index (χ3n) is 5.78. The summed E-state index contributed by atoms with van der Waals surface area (Å²) < 4.78 is 1.62. The lowest BCUT2D eigenvalue weighted by Gasteiger charge is -2.34. The third-order valence-corrected chi connectivity index (χ3v) is 5.78. The zero-order chi connectivity index (χ0) is 24.0. The summed E-state index contributed by atoms with van der Waals surface area (Å²) >= 11 is 0. The van der Waals surface area contributed by atoms with Gasteiger partial charge in [-0.2, -0.15) is 5.10 Å². The molecule has 1 fully saturated rings. The molecule has 0 atom stereocenters. The second-order valence-electron chi connectivity index (χ2n) is 8.10. The van der Waals surface area contributed by atoms with Crippen LogP contribution in [0.15, 0.2) is 79.5 Å². The number of rotatable bonds is 6. The van der Waals surface area contributed by atoms with Gasteiger partial charge in [0.15, 0.2) is 5.82 Å². The highest BCUT2D eigenvalue weighted by atomic mass is 16.2. The largest absolute Gasteiger partial charge is 0.339 e. The molecule has 0 aliphatic carbocycles. The normalized spacial score (nSPS) is 13.5. The summed E-state index contributed by atoms with van der Waals surface area (Å²) in [7, 11) is 0. The molecule has 3 aromatic heterocycles. The molecule has 2 amide bonds. The SMILES string of the molecule is O=C(Nc1ccc(CC(=O)N2CCN(c3ncccn3)CC2)cc1)c1ccc(-n2cccn2)nc1. The number of aromatic nitrogens is 5. The first-order chi connectivity index (χ1) is 17.2. The van der Waals surface area contributed by atoms with Gasteiger partial charge in [0.05, 0.1) is 12.0 Å². The molecule has 35 heavy (non-hydrogen) atoms. The van der Waals surface area contributed by atoms with Gasteiger partial charge in [0.25, 0.3) is 5.91 Å². The predicted octanol–water partition coefficient (Wildman–Crippen LogP) is 2.20. The molecule has 1 aliphatic rings. The van der Waals surface area contributed by atoms with Crippen molar-refractivity contribution in [1.29, 1.82) is 0 Å². The molecule has 10 nitrogen and oxygen atoms in total. The number of nitrogens with one attached hydrogen (secondary N) is 1. The molecule has 1 saturated heterocycles. The Morgan fingerprint density at radius 1 is 0.857 bits per heavy atom. The second-order valence-corrected chi connectivity index (χ2v) is 8.10. The van der Waals surface area contributed by atoms with Crippen molar-refractivity contribution >= 4 is 23.5 Å². The Morgan fingerprint density at radius 2 is 1.63 bits per heavy atom. The average Bonchev–Trinajstić information content (AvgIpc) is 3.46. The maximum Gasteiger partial charge on any atom is 0.257 e. The Morgan fingerprint density at radius 3 is 2.29 bits per heavy atom. The molecule has 5 rings (SSSR count). The predicted molar refractivity (Wildman–Crippen MR) is 130 cm³/mol. The van der Waals surface area contributed by atoms with Gasteiger partial charge in [0.1, 0.15) is 0 Å². The molecule has 4 heterocycles. The number of carbonyl (C=O) groups excluding carboxylic acids is 2. The van der Waals surface area contributed by atoms with Crippen LogP contribution in [0, 0.1) is 0 Å². The third kappa shape index (κ3) is 5.32. The summed E-state index contributed by atoms with van der Waals surface area (Å²) in [5, 5.41) is 6.99. The fraction of sp³-hybridized carbons (Fsp3) is 0.200. The first-order valence-electron chi connectivity index (χ1n) is 11.3. The Bertz CT molecular complexity index is 1270. The van der Waals surface area contributed by atoms with Gasteiger partial charge >= 0.3 is 0 Å². The molecule has 1 N–H and O–H groups in total. The number of nitrogens with zero attached hydrogens (tertiary/aromatic N) is 7. The number of piperazine rings is 1. The lowest BCUT2D eigenvalue weighted by Crippen LogP contribution is -2.49. The highest BCUT2D eigenvalue weighted by Gasteiger charge is 2.22. The van der Waals surface area contributed by atoms with Crippen LogP contribution in [0.2, 0.25) is 0 Å². The van der Waals surface area contributed by atoms with Crippen molar-refractivity contribution in [2.24, 2.45) is 0 Å². The topological polar surface area (TPSA) is 109 Å². The van der Waals surface area contributed by atoms with E-state index in [-0.39, 0.29) is 11.8 Å². The lowest BCUT2D eigenvalue weighted by atomic mass is 10.1. The van der Waals surface area contributed by atoms with Gasteiger partial charge < -0.3 is 15.1 Å². The van der Waals surface area contributed by atoms with Crippen molar-refractivity contribution in [1.82, 2.24) is 29.6 Å². The van der Waals surface area contributed by atoms with E-state index in [4.69, 9.17) is 0 Å². The van der Waals surface area contributed by atoms with Crippen molar-refractivity contribution in [2.45, 2.75) is 6.42 Å². The summed E-state index contributed by atoms with van der Waals surface area (Å²) in [6.45, 7) is 2.69. The number of benzene rings is 1. The number of carbonyl (C=O) groups is 2. The smallest absolute Gasteiger partial charge is 0.257 e. The Labute approximate surface area is 202 Å². The Hall–Kier alpha value is -4.60. The number of hydrogen-bond donors (Lipinski definition) is 1. The van der Waals surface area contributed by atoms with Crippen LogP contribution in [-0.2, 0) is 11.2 Å². The van der Waals surface area contributed by atoms with Crippen LogP contribution in [0.25, 0.3) is 5.82 Å². The molecule has 1 aromatic carbocycles. The van der Waals surface area contributed by atoms with Crippen molar-refractivity contribution in [3.63, 3.8) is 0 Å². The summed E-state index contributed by atoms with van der Waals surface area (Å²) in [5.41, 5.74) is 1.99. The van der Waals surface area contributed by atoms with Crippen molar-refractivity contribution < 1.29 is 9.59 Å². The van der Waals surface area contributed by atoms with Crippen molar-refractivity contribution in [2.75, 3.05) is 36.4 Å². The second kappa shape index (κ2) is 10.1. The van der Waals surface area contributed by atoms with Gasteiger partial charge in [0.2, 0.25) is 11.9 Å². The van der Waals surface area contributed by atoms with Gasteiger partial charge in [-0.15, -0.1) is 0 Å². The molecular weight excluding hydrogens is 444 g/mol. The van der Waals surface area contributed by atoms with Crippen molar-refractivity contribution in [3.05, 3.63) is 90.6 Å². The summed E-state index contributed by atoms with van der Waals surface area (Å²) in [6.07, 6.45) is 8.73. The van der Waals surface area contributed by atoms with Crippen LogP contribution in [0.1, 0.15) is 15.9 Å². The van der Waals surface area contributed by atoms with E-state index in [1.807, 2.05) is 17.0 Å². The molecule has 1 aliphatic heterocycles. The van der Waals surface area contributed by atoms with E-state index in [9.17, 15) is 9.59 Å². The highest BCUT2D eigenvalue weighted by Crippen LogP contribution is 2.15. The van der Waals surface area contributed by atoms with E-state index in [0.29, 0.717) is 55.6 Å². The number of anilines is 2. The quantitative estimate of drug-likeness (QED) is 0.462. The van der Waals surface area contributed by atoms with E-state index in [1.54, 1.807) is 65.9 Å². The lowest BCUT2D eigenvalue weighted by molar-refractivity contribution is -0.130. The maximum atomic E-state index is 12.8. The van der Waals surface area contributed by atoms with E-state index >= 15 is 0 Å². The summed E-state index contributed by atoms with van der Waals surface area (Å²) in [4.78, 5) is 42.1. The highest BCUT2D eigenvalue weighted by molar-refractivity contribution is 6.04. The number of hydrogen-bond acceptors (Lipinski definition) is 7. The molecule has 0 bridgehead atoms. The molecule has 0 saturated carbocycles.